The number of rotatable bonds is 11. The third-order valence-corrected chi connectivity index (χ3v) is 6.02. The van der Waals surface area contributed by atoms with E-state index < -0.39 is 11.7 Å². The molecular weight excluding hydrogens is 400 g/mol. The number of benzene rings is 1. The Morgan fingerprint density at radius 2 is 2.00 bits per heavy atom. The summed E-state index contributed by atoms with van der Waals surface area (Å²) in [5, 5.41) is 10.7. The maximum Gasteiger partial charge on any atom is 0.139 e. The normalized spacial score (nSPS) is 19.6. The van der Waals surface area contributed by atoms with E-state index in [-0.39, 0.29) is 5.92 Å². The van der Waals surface area contributed by atoms with E-state index in [0.29, 0.717) is 18.6 Å². The van der Waals surface area contributed by atoms with Crippen LogP contribution in [0.1, 0.15) is 77.8 Å². The molecule has 2 rings (SSSR count). The molecular formula is C28H40O4. The van der Waals surface area contributed by atoms with Crippen LogP contribution in [-0.4, -0.2) is 29.7 Å². The monoisotopic (exact) mass is 440 g/mol. The quantitative estimate of drug-likeness (QED) is 0.394. The van der Waals surface area contributed by atoms with Crippen LogP contribution in [0.15, 0.2) is 41.5 Å². The first kappa shape index (κ1) is 25.9. The first-order valence-corrected chi connectivity index (χ1v) is 11.6. The molecule has 1 N–H and O–H groups in total. The number of aliphatic hydroxyl groups excluding tert-OH is 1. The Morgan fingerprint density at radius 1 is 1.28 bits per heavy atom. The number of Topliss-reactive ketones (excluding diaryl/α,β-unsaturated/α-hetero) is 1. The van der Waals surface area contributed by atoms with E-state index in [1.807, 2.05) is 78.0 Å². The summed E-state index contributed by atoms with van der Waals surface area (Å²) in [5.41, 5.74) is 3.76. The third-order valence-electron chi connectivity index (χ3n) is 6.02. The molecule has 0 aromatic heterocycles. The minimum absolute atomic E-state index is 0.0740. The van der Waals surface area contributed by atoms with Crippen molar-refractivity contribution in [3.63, 3.8) is 0 Å². The summed E-state index contributed by atoms with van der Waals surface area (Å²) in [7, 11) is 1.66. The molecule has 0 fully saturated rings. The van der Waals surface area contributed by atoms with Crippen molar-refractivity contribution in [2.75, 3.05) is 7.11 Å². The number of fused-ring (bicyclic) bond motifs is 1. The second-order valence-electron chi connectivity index (χ2n) is 9.64. The molecule has 0 spiro atoms. The molecule has 0 saturated carbocycles. The summed E-state index contributed by atoms with van der Waals surface area (Å²) in [6, 6.07) is 3.93. The van der Waals surface area contributed by atoms with Gasteiger partial charge in [-0.2, -0.15) is 0 Å². The highest BCUT2D eigenvalue weighted by molar-refractivity contribution is 5.82. The van der Waals surface area contributed by atoms with Gasteiger partial charge >= 0.3 is 0 Å². The summed E-state index contributed by atoms with van der Waals surface area (Å²) < 4.78 is 11.7. The Kier molecular flexibility index (Phi) is 9.33. The molecule has 3 atom stereocenters. The van der Waals surface area contributed by atoms with E-state index in [0.717, 1.165) is 47.5 Å². The molecule has 176 valence electrons. The third kappa shape index (κ3) is 7.67. The minimum atomic E-state index is -0.596. The summed E-state index contributed by atoms with van der Waals surface area (Å²) in [4.78, 5) is 12.2. The number of methoxy groups -OCH3 is 1. The molecule has 4 nitrogen and oxygen atoms in total. The van der Waals surface area contributed by atoms with Crippen LogP contribution in [0.3, 0.4) is 0 Å². The van der Waals surface area contributed by atoms with Crippen molar-refractivity contribution in [1.82, 2.24) is 0 Å². The van der Waals surface area contributed by atoms with Crippen molar-refractivity contribution in [2.24, 2.45) is 5.92 Å². The van der Waals surface area contributed by atoms with Crippen molar-refractivity contribution in [2.45, 2.75) is 85.4 Å². The molecule has 1 aliphatic heterocycles. The highest BCUT2D eigenvalue weighted by Crippen LogP contribution is 2.38. The Bertz CT molecular complexity index is 889. The van der Waals surface area contributed by atoms with Gasteiger partial charge in [-0.25, -0.2) is 0 Å². The molecule has 3 unspecified atom stereocenters. The number of allylic oxidation sites excluding steroid dienone is 3. The molecule has 0 saturated heterocycles. The molecule has 0 aliphatic carbocycles. The fraction of sp³-hybridized carbons (Fsp3) is 0.536. The predicted octanol–water partition coefficient (Wildman–Crippen LogP) is 6.60. The summed E-state index contributed by atoms with van der Waals surface area (Å²) in [5.74, 6) is 2.03. The average Bonchev–Trinajstić information content (AvgIpc) is 2.71. The van der Waals surface area contributed by atoms with E-state index in [9.17, 15) is 9.90 Å². The average molecular weight is 441 g/mol. The second kappa shape index (κ2) is 11.5. The lowest BCUT2D eigenvalue weighted by Gasteiger charge is -2.34. The van der Waals surface area contributed by atoms with Crippen molar-refractivity contribution >= 4 is 11.9 Å². The number of ketones is 1. The van der Waals surface area contributed by atoms with E-state index in [2.05, 4.69) is 0 Å². The maximum absolute atomic E-state index is 12.2. The Balaban J connectivity index is 1.88. The highest BCUT2D eigenvalue weighted by Gasteiger charge is 2.30. The van der Waals surface area contributed by atoms with Crippen molar-refractivity contribution < 1.29 is 19.4 Å². The molecule has 0 amide bonds. The Morgan fingerprint density at radius 3 is 2.66 bits per heavy atom. The van der Waals surface area contributed by atoms with Crippen LogP contribution < -0.4 is 9.47 Å². The Hall–Kier alpha value is -2.33. The number of aryl methyl sites for hydroxylation is 1. The van der Waals surface area contributed by atoms with Crippen LogP contribution >= 0.6 is 0 Å². The van der Waals surface area contributed by atoms with Crippen molar-refractivity contribution in [1.29, 1.82) is 0 Å². The van der Waals surface area contributed by atoms with Gasteiger partial charge in [0.2, 0.25) is 0 Å². The van der Waals surface area contributed by atoms with Gasteiger partial charge in [0.15, 0.2) is 0 Å². The van der Waals surface area contributed by atoms with Crippen LogP contribution in [0.25, 0.3) is 6.08 Å². The van der Waals surface area contributed by atoms with Crippen LogP contribution in [0.5, 0.6) is 11.5 Å². The van der Waals surface area contributed by atoms with Crippen LogP contribution in [-0.2, 0) is 4.79 Å². The zero-order valence-electron chi connectivity index (χ0n) is 20.8. The fourth-order valence-corrected chi connectivity index (χ4v) is 4.03. The SMILES string of the molecule is COc1cc(C)c2c(c1)C=CC(C)(CC(O)C=C(C)CCCC(C)C(=O)CC=C(C)C)O2. The van der Waals surface area contributed by atoms with Crippen molar-refractivity contribution in [3.8, 4) is 11.5 Å². The molecule has 4 heteroatoms. The molecule has 1 aromatic rings. The minimum Gasteiger partial charge on any atom is -0.497 e. The number of aliphatic hydroxyl groups is 1. The summed E-state index contributed by atoms with van der Waals surface area (Å²) >= 11 is 0. The number of hydrogen-bond acceptors (Lipinski definition) is 4. The summed E-state index contributed by atoms with van der Waals surface area (Å²) in [6.45, 7) is 12.1. The molecule has 0 bridgehead atoms. The predicted molar refractivity (Wildman–Crippen MR) is 132 cm³/mol. The zero-order valence-corrected chi connectivity index (χ0v) is 20.8. The molecule has 0 radical (unpaired) electrons. The van der Waals surface area contributed by atoms with Crippen LogP contribution in [0.4, 0.5) is 0 Å². The molecule has 32 heavy (non-hydrogen) atoms. The molecule has 1 aromatic carbocycles. The first-order chi connectivity index (χ1) is 15.0. The second-order valence-corrected chi connectivity index (χ2v) is 9.64. The van der Waals surface area contributed by atoms with Gasteiger partial charge in [0, 0.05) is 24.3 Å². The molecule has 1 aliphatic rings. The van der Waals surface area contributed by atoms with Gasteiger partial charge in [-0.3, -0.25) is 4.79 Å². The van der Waals surface area contributed by atoms with Gasteiger partial charge in [0.1, 0.15) is 22.9 Å². The van der Waals surface area contributed by atoms with Gasteiger partial charge in [-0.1, -0.05) is 36.3 Å². The topological polar surface area (TPSA) is 55.8 Å². The van der Waals surface area contributed by atoms with Crippen LogP contribution in [0.2, 0.25) is 0 Å². The van der Waals surface area contributed by atoms with Gasteiger partial charge in [-0.05, 0) is 77.7 Å². The lowest BCUT2D eigenvalue weighted by atomic mass is 9.91. The summed E-state index contributed by atoms with van der Waals surface area (Å²) in [6.07, 6.45) is 11.1. The van der Waals surface area contributed by atoms with E-state index >= 15 is 0 Å². The fourth-order valence-electron chi connectivity index (χ4n) is 4.03. The standard InChI is InChI=1S/C28H40O4/c1-19(2)11-12-26(30)21(4)10-8-9-20(3)15-24(29)18-28(6)14-13-23-17-25(31-7)16-22(5)27(23)32-28/h11,13-17,21,24,29H,8-10,12,18H2,1-7H3. The number of carbonyl (C=O) groups excluding carboxylic acids is 1. The van der Waals surface area contributed by atoms with Gasteiger partial charge in [0.25, 0.3) is 0 Å². The number of carbonyl (C=O) groups is 1. The van der Waals surface area contributed by atoms with Gasteiger partial charge in [0.05, 0.1) is 13.2 Å². The lowest BCUT2D eigenvalue weighted by Crippen LogP contribution is -2.36. The van der Waals surface area contributed by atoms with E-state index in [4.69, 9.17) is 9.47 Å². The van der Waals surface area contributed by atoms with Gasteiger partial charge < -0.3 is 14.6 Å². The lowest BCUT2D eigenvalue weighted by molar-refractivity contribution is -0.121. The Labute approximate surface area is 194 Å². The largest absolute Gasteiger partial charge is 0.497 e. The van der Waals surface area contributed by atoms with Gasteiger partial charge in [-0.15, -0.1) is 0 Å². The first-order valence-electron chi connectivity index (χ1n) is 11.6. The zero-order chi connectivity index (χ0) is 23.9. The maximum atomic E-state index is 12.2. The number of ether oxygens (including phenoxy) is 2. The van der Waals surface area contributed by atoms with Crippen LogP contribution in [0, 0.1) is 12.8 Å². The van der Waals surface area contributed by atoms with E-state index in [1.165, 1.54) is 5.57 Å². The highest BCUT2D eigenvalue weighted by atomic mass is 16.5. The number of hydrogen-bond donors (Lipinski definition) is 1. The molecule has 1 heterocycles. The van der Waals surface area contributed by atoms with Crippen molar-refractivity contribution in [3.05, 3.63) is 52.6 Å². The smallest absolute Gasteiger partial charge is 0.139 e. The van der Waals surface area contributed by atoms with E-state index in [1.54, 1.807) is 7.11 Å².